The van der Waals surface area contributed by atoms with Crippen LogP contribution in [0.3, 0.4) is 0 Å². The van der Waals surface area contributed by atoms with Gasteiger partial charge in [0.05, 0.1) is 24.1 Å². The van der Waals surface area contributed by atoms with Gasteiger partial charge >= 0.3 is 0 Å². The predicted octanol–water partition coefficient (Wildman–Crippen LogP) is 4.93. The van der Waals surface area contributed by atoms with Gasteiger partial charge in [-0.3, -0.25) is 13.9 Å². The largest absolute Gasteiger partial charge is 0.495 e. The lowest BCUT2D eigenvalue weighted by Gasteiger charge is -2.32. The lowest BCUT2D eigenvalue weighted by atomic mass is 10.1. The van der Waals surface area contributed by atoms with E-state index in [1.165, 1.54) is 17.5 Å². The van der Waals surface area contributed by atoms with Crippen molar-refractivity contribution in [1.29, 1.82) is 0 Å². The Morgan fingerprint density at radius 3 is 2.26 bits per heavy atom. The average molecular weight is 566 g/mol. The molecule has 0 unspecified atom stereocenters. The van der Waals surface area contributed by atoms with Crippen LogP contribution in [-0.4, -0.2) is 57.1 Å². The highest BCUT2D eigenvalue weighted by atomic mass is 35.5. The number of sulfonamides is 1. The van der Waals surface area contributed by atoms with Crippen LogP contribution in [0.25, 0.3) is 0 Å². The molecule has 0 fully saturated rings. The molecule has 2 rings (SSSR count). The fraction of sp³-hybridized carbons (Fsp3) is 0.500. The van der Waals surface area contributed by atoms with Crippen LogP contribution in [0.4, 0.5) is 5.69 Å². The zero-order valence-corrected chi connectivity index (χ0v) is 24.7. The number of rotatable bonds is 14. The maximum Gasteiger partial charge on any atom is 0.243 e. The van der Waals surface area contributed by atoms with Crippen molar-refractivity contribution >= 4 is 39.1 Å². The molecular formula is C28H40ClN3O5S. The van der Waals surface area contributed by atoms with E-state index in [-0.39, 0.29) is 48.8 Å². The van der Waals surface area contributed by atoms with Crippen LogP contribution in [0.1, 0.15) is 57.6 Å². The minimum atomic E-state index is -3.63. The lowest BCUT2D eigenvalue weighted by Crippen LogP contribution is -2.50. The number of hydrogen-bond acceptors (Lipinski definition) is 5. The Hall–Kier alpha value is -2.78. The Balaban J connectivity index is 2.24. The van der Waals surface area contributed by atoms with Crippen molar-refractivity contribution in [3.8, 4) is 5.75 Å². The monoisotopic (exact) mass is 565 g/mol. The average Bonchev–Trinajstić information content (AvgIpc) is 2.86. The first-order valence-electron chi connectivity index (χ1n) is 12.9. The van der Waals surface area contributed by atoms with E-state index in [1.54, 1.807) is 17.0 Å². The molecule has 0 aliphatic rings. The molecule has 0 heterocycles. The van der Waals surface area contributed by atoms with Crippen LogP contribution < -0.4 is 14.4 Å². The van der Waals surface area contributed by atoms with E-state index in [2.05, 4.69) is 5.32 Å². The third-order valence-corrected chi connectivity index (χ3v) is 7.93. The van der Waals surface area contributed by atoms with Crippen LogP contribution in [0.2, 0.25) is 5.02 Å². The van der Waals surface area contributed by atoms with E-state index in [1.807, 2.05) is 52.0 Å². The van der Waals surface area contributed by atoms with Crippen molar-refractivity contribution in [3.05, 3.63) is 58.6 Å². The zero-order valence-electron chi connectivity index (χ0n) is 23.2. The number of nitrogens with one attached hydrogen (secondary N) is 1. The maximum absolute atomic E-state index is 13.5. The smallest absolute Gasteiger partial charge is 0.243 e. The van der Waals surface area contributed by atoms with Crippen molar-refractivity contribution in [2.45, 2.75) is 72.0 Å². The van der Waals surface area contributed by atoms with Crippen molar-refractivity contribution in [1.82, 2.24) is 10.2 Å². The highest BCUT2D eigenvalue weighted by molar-refractivity contribution is 7.92. The van der Waals surface area contributed by atoms with Gasteiger partial charge in [-0.15, -0.1) is 0 Å². The molecule has 210 valence electrons. The number of halogens is 1. The molecule has 2 aromatic carbocycles. The molecule has 0 spiro atoms. The van der Waals surface area contributed by atoms with Gasteiger partial charge in [0, 0.05) is 25.6 Å². The summed E-state index contributed by atoms with van der Waals surface area (Å²) in [7, 11) is -2.15. The second kappa shape index (κ2) is 14.4. The Labute approximate surface area is 232 Å². The quantitative estimate of drug-likeness (QED) is 0.350. The molecular weight excluding hydrogens is 526 g/mol. The molecule has 2 atom stereocenters. The molecule has 8 nitrogen and oxygen atoms in total. The number of nitrogens with zero attached hydrogens (tertiary/aromatic N) is 2. The normalized spacial score (nSPS) is 12.9. The number of amides is 2. The summed E-state index contributed by atoms with van der Waals surface area (Å²) in [6.07, 6.45) is 2.70. The molecule has 0 saturated carbocycles. The van der Waals surface area contributed by atoms with Gasteiger partial charge in [-0.2, -0.15) is 0 Å². The molecule has 0 radical (unpaired) electrons. The summed E-state index contributed by atoms with van der Waals surface area (Å²) in [5, 5.41) is 3.29. The number of benzene rings is 2. The number of methoxy groups -OCH3 is 1. The molecule has 1 N–H and O–H groups in total. The van der Waals surface area contributed by atoms with E-state index in [9.17, 15) is 18.0 Å². The first kappa shape index (κ1) is 31.4. The molecule has 0 aliphatic heterocycles. The summed E-state index contributed by atoms with van der Waals surface area (Å²) in [5.41, 5.74) is 2.42. The van der Waals surface area contributed by atoms with Gasteiger partial charge in [0.15, 0.2) is 0 Å². The minimum Gasteiger partial charge on any atom is -0.495 e. The van der Waals surface area contributed by atoms with E-state index in [0.717, 1.165) is 23.8 Å². The van der Waals surface area contributed by atoms with Gasteiger partial charge in [-0.05, 0) is 56.9 Å². The number of hydrogen-bond donors (Lipinski definition) is 1. The van der Waals surface area contributed by atoms with Crippen LogP contribution in [0, 0.1) is 6.92 Å². The summed E-state index contributed by atoms with van der Waals surface area (Å²) < 4.78 is 31.5. The predicted molar refractivity (Wildman–Crippen MR) is 153 cm³/mol. The maximum atomic E-state index is 13.5. The number of carbonyl (C=O) groups is 2. The van der Waals surface area contributed by atoms with Crippen molar-refractivity contribution in [2.75, 3.05) is 24.2 Å². The van der Waals surface area contributed by atoms with Gasteiger partial charge in [-0.25, -0.2) is 8.42 Å². The number of ether oxygens (including phenoxy) is 1. The van der Waals surface area contributed by atoms with Gasteiger partial charge in [0.2, 0.25) is 21.8 Å². The van der Waals surface area contributed by atoms with E-state index < -0.39 is 16.1 Å². The number of aryl methyl sites for hydroxylation is 1. The Morgan fingerprint density at radius 1 is 1.08 bits per heavy atom. The summed E-state index contributed by atoms with van der Waals surface area (Å²) in [4.78, 5) is 28.2. The Kier molecular flexibility index (Phi) is 11.9. The summed E-state index contributed by atoms with van der Waals surface area (Å²) >= 11 is 6.22. The molecule has 0 aliphatic carbocycles. The standard InChI is InChI=1S/C28H40ClN3O5S/c1-7-21(4)30-28(34)25(8-2)31(19-22-13-11-20(3)12-14-22)27(33)10-9-17-32(38(6,35)36)23-15-16-26(37-5)24(29)18-23/h11-16,18,21,25H,7-10,17,19H2,1-6H3,(H,30,34)/t21-,25-/m1/s1. The highest BCUT2D eigenvalue weighted by Crippen LogP contribution is 2.30. The van der Waals surface area contributed by atoms with Crippen molar-refractivity contribution in [2.24, 2.45) is 0 Å². The van der Waals surface area contributed by atoms with Gasteiger partial charge in [0.1, 0.15) is 11.8 Å². The van der Waals surface area contributed by atoms with E-state index in [4.69, 9.17) is 16.3 Å². The fourth-order valence-corrected chi connectivity index (χ4v) is 5.27. The summed E-state index contributed by atoms with van der Waals surface area (Å²) in [6.45, 7) is 8.17. The van der Waals surface area contributed by atoms with E-state index in [0.29, 0.717) is 17.9 Å². The van der Waals surface area contributed by atoms with Crippen LogP contribution in [0.15, 0.2) is 42.5 Å². The van der Waals surface area contributed by atoms with Crippen LogP contribution in [-0.2, 0) is 26.2 Å². The van der Waals surface area contributed by atoms with Crippen molar-refractivity contribution in [3.63, 3.8) is 0 Å². The van der Waals surface area contributed by atoms with Gasteiger partial charge in [0.25, 0.3) is 0 Å². The second-order valence-corrected chi connectivity index (χ2v) is 11.8. The number of anilines is 1. The molecule has 2 aromatic rings. The molecule has 38 heavy (non-hydrogen) atoms. The SMILES string of the molecule is CC[C@@H](C)NC(=O)[C@@H](CC)N(Cc1ccc(C)cc1)C(=O)CCCN(c1ccc(OC)c(Cl)c1)S(C)(=O)=O. The van der Waals surface area contributed by atoms with Crippen LogP contribution >= 0.6 is 11.6 Å². The molecule has 10 heteroatoms. The summed E-state index contributed by atoms with van der Waals surface area (Å²) in [5.74, 6) is 0.0398. The minimum absolute atomic E-state index is 0.00693. The summed E-state index contributed by atoms with van der Waals surface area (Å²) in [6, 6.07) is 12.0. The zero-order chi connectivity index (χ0) is 28.5. The first-order chi connectivity index (χ1) is 17.9. The Bertz CT molecular complexity index is 1190. The van der Waals surface area contributed by atoms with E-state index >= 15 is 0 Å². The van der Waals surface area contributed by atoms with Gasteiger partial charge in [-0.1, -0.05) is 55.3 Å². The highest BCUT2D eigenvalue weighted by Gasteiger charge is 2.29. The lowest BCUT2D eigenvalue weighted by molar-refractivity contribution is -0.141. The third-order valence-electron chi connectivity index (χ3n) is 6.44. The molecule has 0 bridgehead atoms. The third kappa shape index (κ3) is 8.91. The topological polar surface area (TPSA) is 96.0 Å². The second-order valence-electron chi connectivity index (χ2n) is 9.51. The molecule has 2 amide bonds. The number of carbonyl (C=O) groups excluding carboxylic acids is 2. The fourth-order valence-electron chi connectivity index (χ4n) is 4.07. The van der Waals surface area contributed by atoms with Crippen molar-refractivity contribution < 1.29 is 22.7 Å². The van der Waals surface area contributed by atoms with Gasteiger partial charge < -0.3 is 15.0 Å². The Morgan fingerprint density at radius 2 is 1.74 bits per heavy atom. The molecule has 0 aromatic heterocycles. The molecule has 0 saturated heterocycles. The first-order valence-corrected chi connectivity index (χ1v) is 15.1. The van der Waals surface area contributed by atoms with Crippen LogP contribution in [0.5, 0.6) is 5.75 Å².